The molecule has 0 atom stereocenters. The predicted octanol–water partition coefficient (Wildman–Crippen LogP) is 1.60. The molecule has 1 aromatic heterocycles. The SMILES string of the molecule is Cc1cnc(N)c(C(=O)c2ccccc2)n1. The minimum Gasteiger partial charge on any atom is -0.382 e. The molecule has 0 bridgehead atoms. The largest absolute Gasteiger partial charge is 0.382 e. The highest BCUT2D eigenvalue weighted by atomic mass is 16.1. The van der Waals surface area contributed by atoms with Crippen LogP contribution in [0.2, 0.25) is 0 Å². The number of carbonyl (C=O) groups is 1. The Hall–Kier alpha value is -2.23. The van der Waals surface area contributed by atoms with E-state index in [0.717, 1.165) is 0 Å². The van der Waals surface area contributed by atoms with Crippen molar-refractivity contribution in [2.24, 2.45) is 0 Å². The Morgan fingerprint density at radius 3 is 2.62 bits per heavy atom. The number of anilines is 1. The van der Waals surface area contributed by atoms with Crippen LogP contribution in [0.3, 0.4) is 0 Å². The summed E-state index contributed by atoms with van der Waals surface area (Å²) in [5.74, 6) is -0.0336. The van der Waals surface area contributed by atoms with Crippen molar-refractivity contribution in [1.29, 1.82) is 0 Å². The zero-order valence-electron chi connectivity index (χ0n) is 8.84. The van der Waals surface area contributed by atoms with Crippen LogP contribution in [0, 0.1) is 6.92 Å². The van der Waals surface area contributed by atoms with Crippen molar-refractivity contribution in [2.75, 3.05) is 5.73 Å². The molecule has 0 spiro atoms. The molecule has 2 aromatic rings. The number of benzene rings is 1. The van der Waals surface area contributed by atoms with Gasteiger partial charge in [0.2, 0.25) is 5.78 Å². The van der Waals surface area contributed by atoms with E-state index in [-0.39, 0.29) is 17.3 Å². The number of hydrogen-bond donors (Lipinski definition) is 1. The van der Waals surface area contributed by atoms with Gasteiger partial charge in [0.15, 0.2) is 11.5 Å². The highest BCUT2D eigenvalue weighted by molar-refractivity contribution is 6.10. The number of nitrogens with two attached hydrogens (primary N) is 1. The summed E-state index contributed by atoms with van der Waals surface area (Å²) in [5.41, 5.74) is 7.09. The first-order valence-electron chi connectivity index (χ1n) is 4.87. The quantitative estimate of drug-likeness (QED) is 0.769. The third-order valence-corrected chi connectivity index (χ3v) is 2.17. The second-order valence-electron chi connectivity index (χ2n) is 3.44. The molecular weight excluding hydrogens is 202 g/mol. The third kappa shape index (κ3) is 1.91. The molecule has 0 fully saturated rings. The molecule has 0 radical (unpaired) electrons. The number of ketones is 1. The maximum Gasteiger partial charge on any atom is 0.215 e. The minimum absolute atomic E-state index is 0.166. The molecule has 16 heavy (non-hydrogen) atoms. The van der Waals surface area contributed by atoms with Crippen LogP contribution in [0.25, 0.3) is 0 Å². The van der Waals surface area contributed by atoms with Crippen molar-refractivity contribution in [3.05, 3.63) is 53.5 Å². The molecule has 0 unspecified atom stereocenters. The lowest BCUT2D eigenvalue weighted by Gasteiger charge is -2.03. The van der Waals surface area contributed by atoms with Gasteiger partial charge in [0, 0.05) is 5.56 Å². The molecule has 80 valence electrons. The Bertz CT molecular complexity index is 523. The predicted molar refractivity (Wildman–Crippen MR) is 61.1 cm³/mol. The van der Waals surface area contributed by atoms with Gasteiger partial charge < -0.3 is 5.73 Å². The normalized spacial score (nSPS) is 10.1. The fourth-order valence-corrected chi connectivity index (χ4v) is 1.38. The van der Waals surface area contributed by atoms with Crippen molar-refractivity contribution in [3.8, 4) is 0 Å². The maximum absolute atomic E-state index is 12.0. The van der Waals surface area contributed by atoms with E-state index >= 15 is 0 Å². The first-order valence-corrected chi connectivity index (χ1v) is 4.87. The Labute approximate surface area is 93.2 Å². The molecule has 0 aliphatic carbocycles. The summed E-state index contributed by atoms with van der Waals surface area (Å²) in [6.07, 6.45) is 1.54. The van der Waals surface area contributed by atoms with Crippen LogP contribution in [-0.2, 0) is 0 Å². The van der Waals surface area contributed by atoms with Gasteiger partial charge in [0.1, 0.15) is 0 Å². The lowest BCUT2D eigenvalue weighted by atomic mass is 10.1. The Morgan fingerprint density at radius 1 is 1.25 bits per heavy atom. The average Bonchev–Trinajstić information content (AvgIpc) is 2.32. The van der Waals surface area contributed by atoms with Crippen LogP contribution < -0.4 is 5.73 Å². The summed E-state index contributed by atoms with van der Waals surface area (Å²) < 4.78 is 0. The summed E-state index contributed by atoms with van der Waals surface area (Å²) in [7, 11) is 0. The fraction of sp³-hybridized carbons (Fsp3) is 0.0833. The van der Waals surface area contributed by atoms with Crippen LogP contribution in [0.5, 0.6) is 0 Å². The number of aromatic nitrogens is 2. The van der Waals surface area contributed by atoms with Gasteiger partial charge in [-0.05, 0) is 6.92 Å². The van der Waals surface area contributed by atoms with E-state index in [1.807, 2.05) is 6.07 Å². The molecule has 1 heterocycles. The molecular formula is C12H11N3O. The molecule has 0 aliphatic heterocycles. The second-order valence-corrected chi connectivity index (χ2v) is 3.44. The summed E-state index contributed by atoms with van der Waals surface area (Å²) in [4.78, 5) is 20.1. The molecule has 2 rings (SSSR count). The van der Waals surface area contributed by atoms with Crippen LogP contribution in [0.4, 0.5) is 5.82 Å². The first-order chi connectivity index (χ1) is 7.68. The van der Waals surface area contributed by atoms with Crippen LogP contribution in [0.15, 0.2) is 36.5 Å². The first kappa shape index (κ1) is 10.3. The van der Waals surface area contributed by atoms with Gasteiger partial charge in [-0.25, -0.2) is 9.97 Å². The maximum atomic E-state index is 12.0. The zero-order valence-corrected chi connectivity index (χ0v) is 8.84. The topological polar surface area (TPSA) is 68.9 Å². The Morgan fingerprint density at radius 2 is 1.94 bits per heavy atom. The number of rotatable bonds is 2. The highest BCUT2D eigenvalue weighted by Crippen LogP contribution is 2.12. The molecule has 0 aliphatic rings. The van der Waals surface area contributed by atoms with Gasteiger partial charge in [-0.2, -0.15) is 0 Å². The van der Waals surface area contributed by atoms with E-state index in [1.54, 1.807) is 31.2 Å². The minimum atomic E-state index is -0.200. The van der Waals surface area contributed by atoms with Gasteiger partial charge in [0.25, 0.3) is 0 Å². The van der Waals surface area contributed by atoms with Gasteiger partial charge in [0.05, 0.1) is 11.9 Å². The second kappa shape index (κ2) is 4.10. The third-order valence-electron chi connectivity index (χ3n) is 2.17. The standard InChI is InChI=1S/C12H11N3O/c1-8-7-14-12(13)10(15-8)11(16)9-5-3-2-4-6-9/h2-7H,1H3,(H2,13,14). The van der Waals surface area contributed by atoms with E-state index in [0.29, 0.717) is 11.3 Å². The van der Waals surface area contributed by atoms with E-state index in [1.165, 1.54) is 6.20 Å². The van der Waals surface area contributed by atoms with Gasteiger partial charge in [-0.1, -0.05) is 30.3 Å². The van der Waals surface area contributed by atoms with E-state index < -0.39 is 0 Å². The van der Waals surface area contributed by atoms with E-state index in [9.17, 15) is 4.79 Å². The Balaban J connectivity index is 2.46. The number of carbonyl (C=O) groups excluding carboxylic acids is 1. The van der Waals surface area contributed by atoms with Crippen LogP contribution in [0.1, 0.15) is 21.7 Å². The molecule has 0 amide bonds. The smallest absolute Gasteiger partial charge is 0.215 e. The van der Waals surface area contributed by atoms with Crippen molar-refractivity contribution in [3.63, 3.8) is 0 Å². The number of nitrogens with zero attached hydrogens (tertiary/aromatic N) is 2. The van der Waals surface area contributed by atoms with Gasteiger partial charge in [-0.15, -0.1) is 0 Å². The molecule has 1 aromatic carbocycles. The zero-order chi connectivity index (χ0) is 11.5. The van der Waals surface area contributed by atoms with Crippen molar-refractivity contribution >= 4 is 11.6 Å². The van der Waals surface area contributed by atoms with Gasteiger partial charge in [-0.3, -0.25) is 4.79 Å². The van der Waals surface area contributed by atoms with Crippen LogP contribution >= 0.6 is 0 Å². The lowest BCUT2D eigenvalue weighted by molar-refractivity contribution is 0.103. The van der Waals surface area contributed by atoms with E-state index in [2.05, 4.69) is 9.97 Å². The van der Waals surface area contributed by atoms with Crippen molar-refractivity contribution < 1.29 is 4.79 Å². The van der Waals surface area contributed by atoms with Crippen LogP contribution in [-0.4, -0.2) is 15.8 Å². The molecule has 0 saturated carbocycles. The number of aryl methyl sites for hydroxylation is 1. The molecule has 4 heteroatoms. The number of hydrogen-bond acceptors (Lipinski definition) is 4. The summed E-state index contributed by atoms with van der Waals surface area (Å²) in [6, 6.07) is 8.90. The molecule has 2 N–H and O–H groups in total. The lowest BCUT2D eigenvalue weighted by Crippen LogP contribution is -2.10. The van der Waals surface area contributed by atoms with E-state index in [4.69, 9.17) is 5.73 Å². The summed E-state index contributed by atoms with van der Waals surface area (Å²) in [5, 5.41) is 0. The number of nitrogen functional groups attached to an aromatic ring is 1. The van der Waals surface area contributed by atoms with Gasteiger partial charge >= 0.3 is 0 Å². The summed E-state index contributed by atoms with van der Waals surface area (Å²) >= 11 is 0. The van der Waals surface area contributed by atoms with Crippen molar-refractivity contribution in [1.82, 2.24) is 9.97 Å². The van der Waals surface area contributed by atoms with Crippen molar-refractivity contribution in [2.45, 2.75) is 6.92 Å². The highest BCUT2D eigenvalue weighted by Gasteiger charge is 2.14. The fourth-order valence-electron chi connectivity index (χ4n) is 1.38. The molecule has 0 saturated heterocycles. The average molecular weight is 213 g/mol. The monoisotopic (exact) mass is 213 g/mol. The Kier molecular flexibility index (Phi) is 2.64. The summed E-state index contributed by atoms with van der Waals surface area (Å²) in [6.45, 7) is 1.77. The molecule has 4 nitrogen and oxygen atoms in total.